The molecule has 0 saturated carbocycles. The summed E-state index contributed by atoms with van der Waals surface area (Å²) in [6, 6.07) is 6.52. The van der Waals surface area contributed by atoms with Gasteiger partial charge in [0, 0.05) is 13.2 Å². The first-order valence-electron chi connectivity index (χ1n) is 7.34. The molecule has 0 aliphatic rings. The molecule has 8 heteroatoms. The highest BCUT2D eigenvalue weighted by Crippen LogP contribution is 2.20. The van der Waals surface area contributed by atoms with E-state index >= 15 is 0 Å². The summed E-state index contributed by atoms with van der Waals surface area (Å²) in [5, 5.41) is 0. The van der Waals surface area contributed by atoms with Crippen molar-refractivity contribution in [3.63, 3.8) is 0 Å². The van der Waals surface area contributed by atoms with Crippen LogP contribution in [0.1, 0.15) is 24.9 Å². The molecule has 0 unspecified atom stereocenters. The molecule has 1 N–H and O–H groups in total. The molecule has 132 valence electrons. The number of alkyl halides is 1. The molecular formula is C15H24FNO5S. The summed E-state index contributed by atoms with van der Waals surface area (Å²) in [6.07, 6.45) is 0.380. The van der Waals surface area contributed by atoms with Gasteiger partial charge in [0.15, 0.2) is 0 Å². The zero-order valence-electron chi connectivity index (χ0n) is 13.5. The molecule has 0 aliphatic heterocycles. The number of hydrogen-bond acceptors (Lipinski definition) is 5. The number of nitrogens with one attached hydrogen (secondary N) is 1. The lowest BCUT2D eigenvalue weighted by atomic mass is 10.1. The molecule has 1 aromatic carbocycles. The molecule has 0 bridgehead atoms. The molecule has 1 atom stereocenters. The van der Waals surface area contributed by atoms with Gasteiger partial charge >= 0.3 is 0 Å². The lowest BCUT2D eigenvalue weighted by Gasteiger charge is -2.15. The van der Waals surface area contributed by atoms with Gasteiger partial charge in [0.25, 0.3) is 0 Å². The summed E-state index contributed by atoms with van der Waals surface area (Å²) < 4.78 is 53.7. The van der Waals surface area contributed by atoms with E-state index in [9.17, 15) is 12.8 Å². The van der Waals surface area contributed by atoms with E-state index < -0.39 is 22.7 Å². The van der Waals surface area contributed by atoms with Gasteiger partial charge in [-0.25, -0.2) is 17.5 Å². The van der Waals surface area contributed by atoms with Gasteiger partial charge in [-0.3, -0.25) is 0 Å². The second-order valence-electron chi connectivity index (χ2n) is 4.94. The van der Waals surface area contributed by atoms with E-state index in [0.717, 1.165) is 5.56 Å². The second-order valence-corrected chi connectivity index (χ2v) is 6.81. The van der Waals surface area contributed by atoms with Crippen molar-refractivity contribution in [1.82, 2.24) is 4.72 Å². The van der Waals surface area contributed by atoms with Crippen LogP contribution in [0.2, 0.25) is 0 Å². The Balaban J connectivity index is 2.51. The van der Waals surface area contributed by atoms with Crippen LogP contribution in [-0.4, -0.2) is 48.0 Å². The van der Waals surface area contributed by atoms with Crippen molar-refractivity contribution in [2.24, 2.45) is 0 Å². The number of sulfonamides is 1. The smallest absolute Gasteiger partial charge is 0.212 e. The van der Waals surface area contributed by atoms with Crippen molar-refractivity contribution in [3.05, 3.63) is 29.8 Å². The van der Waals surface area contributed by atoms with Crippen molar-refractivity contribution in [3.8, 4) is 5.75 Å². The van der Waals surface area contributed by atoms with Crippen LogP contribution in [0.3, 0.4) is 0 Å². The standard InChI is InChI=1S/C15H24FNO5S/c1-13(14-5-3-6-15(11-14)22-9-7-16)17-23(18,19)10-4-8-21-12-20-2/h3,5-6,11,13,17H,4,7-10,12H2,1-2H3/t13-/m1/s1. The monoisotopic (exact) mass is 349 g/mol. The predicted octanol–water partition coefficient (Wildman–Crippen LogP) is 2.03. The number of methoxy groups -OCH3 is 1. The number of ether oxygens (including phenoxy) is 3. The zero-order valence-corrected chi connectivity index (χ0v) is 14.3. The highest BCUT2D eigenvalue weighted by molar-refractivity contribution is 7.89. The van der Waals surface area contributed by atoms with Gasteiger partial charge in [0.05, 0.1) is 12.4 Å². The Morgan fingerprint density at radius 1 is 1.30 bits per heavy atom. The summed E-state index contributed by atoms with van der Waals surface area (Å²) in [5.41, 5.74) is 0.751. The quantitative estimate of drug-likeness (QED) is 0.462. The minimum Gasteiger partial charge on any atom is -0.491 e. The van der Waals surface area contributed by atoms with Crippen LogP contribution in [0, 0.1) is 0 Å². The van der Waals surface area contributed by atoms with Crippen LogP contribution in [0.5, 0.6) is 5.75 Å². The molecule has 0 spiro atoms. The van der Waals surface area contributed by atoms with Crippen molar-refractivity contribution < 1.29 is 27.0 Å². The Morgan fingerprint density at radius 2 is 2.09 bits per heavy atom. The van der Waals surface area contributed by atoms with Crippen LogP contribution in [-0.2, 0) is 19.5 Å². The maximum Gasteiger partial charge on any atom is 0.212 e. The van der Waals surface area contributed by atoms with Crippen molar-refractivity contribution >= 4 is 10.0 Å². The Labute approximate surface area is 137 Å². The average molecular weight is 349 g/mol. The zero-order chi connectivity index (χ0) is 17.1. The molecule has 6 nitrogen and oxygen atoms in total. The Bertz CT molecular complexity index is 553. The van der Waals surface area contributed by atoms with Gasteiger partial charge in [0.2, 0.25) is 10.0 Å². The summed E-state index contributed by atoms with van der Waals surface area (Å²) in [6.45, 7) is 1.61. The van der Waals surface area contributed by atoms with E-state index in [-0.39, 0.29) is 19.2 Å². The third-order valence-corrected chi connectivity index (χ3v) is 4.50. The number of rotatable bonds is 12. The second kappa shape index (κ2) is 10.5. The van der Waals surface area contributed by atoms with Gasteiger partial charge in [-0.05, 0) is 31.0 Å². The molecule has 23 heavy (non-hydrogen) atoms. The molecule has 0 heterocycles. The Hall–Kier alpha value is -1.22. The average Bonchev–Trinajstić information content (AvgIpc) is 2.52. The highest BCUT2D eigenvalue weighted by Gasteiger charge is 2.16. The molecule has 0 aromatic heterocycles. The highest BCUT2D eigenvalue weighted by atomic mass is 32.2. The van der Waals surface area contributed by atoms with Gasteiger partial charge in [-0.15, -0.1) is 0 Å². The molecule has 0 radical (unpaired) electrons. The van der Waals surface area contributed by atoms with Crippen LogP contribution in [0.4, 0.5) is 4.39 Å². The topological polar surface area (TPSA) is 73.9 Å². The van der Waals surface area contributed by atoms with Crippen LogP contribution in [0.25, 0.3) is 0 Å². The summed E-state index contributed by atoms with van der Waals surface area (Å²) in [5.74, 6) is 0.484. The molecule has 1 rings (SSSR count). The largest absolute Gasteiger partial charge is 0.491 e. The van der Waals surface area contributed by atoms with Crippen LogP contribution >= 0.6 is 0 Å². The normalized spacial score (nSPS) is 13.0. The van der Waals surface area contributed by atoms with Crippen molar-refractivity contribution in [2.45, 2.75) is 19.4 Å². The first kappa shape index (κ1) is 19.8. The fraction of sp³-hybridized carbons (Fsp3) is 0.600. The number of benzene rings is 1. The molecule has 0 fully saturated rings. The maximum atomic E-state index is 12.1. The van der Waals surface area contributed by atoms with E-state index in [4.69, 9.17) is 14.2 Å². The summed E-state index contributed by atoms with van der Waals surface area (Å²) in [4.78, 5) is 0. The molecule has 1 aromatic rings. The number of hydrogen-bond donors (Lipinski definition) is 1. The van der Waals surface area contributed by atoms with E-state index in [1.165, 1.54) is 7.11 Å². The van der Waals surface area contributed by atoms with Crippen LogP contribution in [0.15, 0.2) is 24.3 Å². The summed E-state index contributed by atoms with van der Waals surface area (Å²) >= 11 is 0. The lowest BCUT2D eigenvalue weighted by Crippen LogP contribution is -2.29. The minimum absolute atomic E-state index is 0.0228. The molecule has 0 aliphatic carbocycles. The number of halogens is 1. The van der Waals surface area contributed by atoms with E-state index in [1.807, 2.05) is 0 Å². The first-order valence-corrected chi connectivity index (χ1v) is 8.99. The van der Waals surface area contributed by atoms with Crippen molar-refractivity contribution in [1.29, 1.82) is 0 Å². The lowest BCUT2D eigenvalue weighted by molar-refractivity contribution is -0.0298. The van der Waals surface area contributed by atoms with E-state index in [0.29, 0.717) is 18.8 Å². The minimum atomic E-state index is -3.42. The van der Waals surface area contributed by atoms with E-state index in [1.54, 1.807) is 31.2 Å². The molecule has 0 saturated heterocycles. The SMILES string of the molecule is COCOCCCS(=O)(=O)N[C@H](C)c1cccc(OCCF)c1. The van der Waals surface area contributed by atoms with Gasteiger partial charge < -0.3 is 14.2 Å². The van der Waals surface area contributed by atoms with Gasteiger partial charge in [-0.2, -0.15) is 0 Å². The Kier molecular flexibility index (Phi) is 9.08. The van der Waals surface area contributed by atoms with Crippen LogP contribution < -0.4 is 9.46 Å². The fourth-order valence-corrected chi connectivity index (χ4v) is 3.21. The predicted molar refractivity (Wildman–Crippen MR) is 85.7 cm³/mol. The van der Waals surface area contributed by atoms with Gasteiger partial charge in [-0.1, -0.05) is 12.1 Å². The molecular weight excluding hydrogens is 325 g/mol. The third-order valence-electron chi connectivity index (χ3n) is 2.96. The van der Waals surface area contributed by atoms with E-state index in [2.05, 4.69) is 4.72 Å². The van der Waals surface area contributed by atoms with Gasteiger partial charge in [0.1, 0.15) is 25.8 Å². The fourth-order valence-electron chi connectivity index (χ4n) is 1.92. The maximum absolute atomic E-state index is 12.1. The first-order chi connectivity index (χ1) is 11.0. The van der Waals surface area contributed by atoms with Crippen molar-refractivity contribution in [2.75, 3.05) is 39.5 Å². The summed E-state index contributed by atoms with van der Waals surface area (Å²) in [7, 11) is -1.91. The Morgan fingerprint density at radius 3 is 2.78 bits per heavy atom. The third kappa shape index (κ3) is 8.26. The molecule has 0 amide bonds.